The van der Waals surface area contributed by atoms with Gasteiger partial charge in [-0.05, 0) is 26.0 Å². The fourth-order valence-corrected chi connectivity index (χ4v) is 6.11. The predicted molar refractivity (Wildman–Crippen MR) is 105 cm³/mol. The third-order valence-corrected chi connectivity index (χ3v) is 8.27. The lowest BCUT2D eigenvalue weighted by Crippen LogP contribution is -2.60. The number of furan rings is 1. The maximum absolute atomic E-state index is 12.4. The Morgan fingerprint density at radius 2 is 2.11 bits per heavy atom. The number of aryl methyl sites for hydroxylation is 1. The fraction of sp³-hybridized carbons (Fsp3) is 0.312. The molecule has 0 saturated carbocycles. The van der Waals surface area contributed by atoms with Gasteiger partial charge >= 0.3 is 0 Å². The fourth-order valence-electron chi connectivity index (χ4n) is 2.99. The smallest absolute Gasteiger partial charge is 0.258 e. The molecule has 0 unspecified atom stereocenters. The van der Waals surface area contributed by atoms with Crippen molar-refractivity contribution in [2.45, 2.75) is 19.4 Å². The van der Waals surface area contributed by atoms with Crippen LogP contribution in [-0.2, 0) is 15.6 Å². The first-order chi connectivity index (χ1) is 13.1. The van der Waals surface area contributed by atoms with Gasteiger partial charge in [0, 0.05) is 7.05 Å². The monoisotopic (exact) mass is 441 g/mol. The molecule has 1 atom stereocenters. The Morgan fingerprint density at radius 3 is 2.75 bits per heavy atom. The normalized spacial score (nSPS) is 21.7. The van der Waals surface area contributed by atoms with Crippen LogP contribution in [0.3, 0.4) is 0 Å². The van der Waals surface area contributed by atoms with E-state index < -0.39 is 15.6 Å². The molecule has 12 heteroatoms. The van der Waals surface area contributed by atoms with Crippen molar-refractivity contribution in [1.29, 1.82) is 5.41 Å². The largest absolute Gasteiger partial charge is 0.469 e. The van der Waals surface area contributed by atoms with Crippen molar-refractivity contribution >= 4 is 38.9 Å². The molecule has 0 amide bonds. The summed E-state index contributed by atoms with van der Waals surface area (Å²) < 4.78 is 36.7. The van der Waals surface area contributed by atoms with E-state index in [4.69, 9.17) is 25.8 Å². The van der Waals surface area contributed by atoms with Crippen LogP contribution < -0.4 is 5.32 Å². The van der Waals surface area contributed by atoms with Crippen molar-refractivity contribution in [3.8, 4) is 22.2 Å². The molecular weight excluding hydrogens is 426 g/mol. The van der Waals surface area contributed by atoms with Gasteiger partial charge in [-0.25, -0.2) is 12.7 Å². The summed E-state index contributed by atoms with van der Waals surface area (Å²) in [6, 6.07) is 3.39. The second-order valence-corrected chi connectivity index (χ2v) is 10.1. The zero-order valence-electron chi connectivity index (χ0n) is 15.1. The van der Waals surface area contributed by atoms with Gasteiger partial charge < -0.3 is 14.2 Å². The highest BCUT2D eigenvalue weighted by Crippen LogP contribution is 2.42. The third kappa shape index (κ3) is 2.99. The van der Waals surface area contributed by atoms with E-state index in [9.17, 15) is 8.42 Å². The van der Waals surface area contributed by atoms with Gasteiger partial charge in [0.25, 0.3) is 11.8 Å². The summed E-state index contributed by atoms with van der Waals surface area (Å²) in [4.78, 5) is 1.18. The summed E-state index contributed by atoms with van der Waals surface area (Å²) in [7, 11) is -2.30. The lowest BCUT2D eigenvalue weighted by Gasteiger charge is -2.39. The van der Waals surface area contributed by atoms with Crippen molar-refractivity contribution in [1.82, 2.24) is 19.8 Å². The number of sulfonamides is 1. The number of hydrogen-bond acceptors (Lipinski definition) is 8. The lowest BCUT2D eigenvalue weighted by molar-refractivity contribution is 0.424. The first-order valence-electron chi connectivity index (χ1n) is 8.12. The second kappa shape index (κ2) is 6.33. The topological polar surface area (TPSA) is 125 Å². The summed E-state index contributed by atoms with van der Waals surface area (Å²) >= 11 is 7.66. The average molecular weight is 442 g/mol. The molecule has 4 rings (SSSR count). The molecule has 0 spiro atoms. The summed E-state index contributed by atoms with van der Waals surface area (Å²) in [5, 5.41) is 19.4. The van der Waals surface area contributed by atoms with Crippen LogP contribution in [0.2, 0.25) is 5.02 Å². The third-order valence-electron chi connectivity index (χ3n) is 4.51. The van der Waals surface area contributed by atoms with Crippen LogP contribution in [0.1, 0.15) is 17.6 Å². The second-order valence-electron chi connectivity index (χ2n) is 6.62. The SMILES string of the molecule is Cc1occc1-c1nnc(-c2cc(Cl)c([C@]3(C)CS(=O)(=O)N(C)C(=N)N3)s2)o1. The zero-order valence-corrected chi connectivity index (χ0v) is 17.5. The molecule has 0 aliphatic carbocycles. The van der Waals surface area contributed by atoms with E-state index >= 15 is 0 Å². The van der Waals surface area contributed by atoms with Gasteiger partial charge in [-0.2, -0.15) is 0 Å². The highest BCUT2D eigenvalue weighted by atomic mass is 35.5. The summed E-state index contributed by atoms with van der Waals surface area (Å²) in [6.07, 6.45) is 1.54. The predicted octanol–water partition coefficient (Wildman–Crippen LogP) is 3.03. The maximum Gasteiger partial charge on any atom is 0.258 e. The summed E-state index contributed by atoms with van der Waals surface area (Å²) in [5.74, 6) is 0.799. The van der Waals surface area contributed by atoms with Gasteiger partial charge in [-0.3, -0.25) is 5.41 Å². The number of rotatable bonds is 3. The molecular formula is C16H16ClN5O4S2. The molecule has 3 aromatic heterocycles. The van der Waals surface area contributed by atoms with Crippen LogP contribution in [0, 0.1) is 12.3 Å². The molecule has 148 valence electrons. The molecule has 3 aromatic rings. The van der Waals surface area contributed by atoms with Gasteiger partial charge in [-0.15, -0.1) is 21.5 Å². The Labute approximate surface area is 169 Å². The molecule has 1 aliphatic rings. The van der Waals surface area contributed by atoms with Crippen molar-refractivity contribution in [2.75, 3.05) is 12.8 Å². The standard InChI is InChI=1S/C16H16ClN5O4S2/c1-8-9(4-5-25-8)13-20-21-14(26-13)11-6-10(17)12(27-11)16(2)7-28(23,24)22(3)15(18)19-16/h4-6H,7H2,1-3H3,(H2,18,19)/t16-/m0/s1. The highest BCUT2D eigenvalue weighted by Gasteiger charge is 2.44. The summed E-state index contributed by atoms with van der Waals surface area (Å²) in [5.41, 5.74) is -0.350. The Hall–Kier alpha value is -2.37. The van der Waals surface area contributed by atoms with Gasteiger partial charge in [0.15, 0.2) is 0 Å². The highest BCUT2D eigenvalue weighted by molar-refractivity contribution is 7.89. The van der Waals surface area contributed by atoms with Crippen molar-refractivity contribution in [3.63, 3.8) is 0 Å². The Bertz CT molecular complexity index is 1180. The summed E-state index contributed by atoms with van der Waals surface area (Å²) in [6.45, 7) is 3.49. The van der Waals surface area contributed by atoms with Crippen LogP contribution >= 0.6 is 22.9 Å². The number of hydrogen-bond donors (Lipinski definition) is 2. The van der Waals surface area contributed by atoms with E-state index in [1.165, 1.54) is 24.6 Å². The Balaban J connectivity index is 1.71. The van der Waals surface area contributed by atoms with E-state index in [-0.39, 0.29) is 17.6 Å². The van der Waals surface area contributed by atoms with E-state index in [1.807, 2.05) is 0 Å². The number of guanidine groups is 1. The molecule has 28 heavy (non-hydrogen) atoms. The van der Waals surface area contributed by atoms with Gasteiger partial charge in [0.2, 0.25) is 16.0 Å². The molecule has 2 N–H and O–H groups in total. The zero-order chi connectivity index (χ0) is 20.3. The number of thiophene rings is 1. The van der Waals surface area contributed by atoms with Crippen LogP contribution in [0.5, 0.6) is 0 Å². The Kier molecular flexibility index (Phi) is 4.28. The molecule has 1 saturated heterocycles. The van der Waals surface area contributed by atoms with Crippen molar-refractivity contribution in [2.24, 2.45) is 0 Å². The Morgan fingerprint density at radius 1 is 1.39 bits per heavy atom. The van der Waals surface area contributed by atoms with E-state index in [1.54, 1.807) is 26.0 Å². The van der Waals surface area contributed by atoms with Crippen molar-refractivity contribution in [3.05, 3.63) is 34.1 Å². The van der Waals surface area contributed by atoms with Gasteiger partial charge in [-0.1, -0.05) is 11.6 Å². The quantitative estimate of drug-likeness (QED) is 0.639. The van der Waals surface area contributed by atoms with Crippen LogP contribution in [-0.4, -0.2) is 41.7 Å². The van der Waals surface area contributed by atoms with Gasteiger partial charge in [0.1, 0.15) is 5.76 Å². The minimum atomic E-state index is -3.64. The molecule has 0 radical (unpaired) electrons. The number of aromatic nitrogens is 2. The first-order valence-corrected chi connectivity index (χ1v) is 10.9. The van der Waals surface area contributed by atoms with Crippen LogP contribution in [0.25, 0.3) is 22.2 Å². The van der Waals surface area contributed by atoms with E-state index in [0.717, 1.165) is 4.31 Å². The number of halogens is 1. The number of nitrogens with one attached hydrogen (secondary N) is 2. The van der Waals surface area contributed by atoms with E-state index in [2.05, 4.69) is 15.5 Å². The molecule has 9 nitrogen and oxygen atoms in total. The molecule has 0 aromatic carbocycles. The minimum absolute atomic E-state index is 0.213. The lowest BCUT2D eigenvalue weighted by atomic mass is 10.0. The number of nitrogens with zero attached hydrogens (tertiary/aromatic N) is 3. The average Bonchev–Trinajstić information content (AvgIpc) is 3.31. The molecule has 0 bridgehead atoms. The van der Waals surface area contributed by atoms with E-state index in [0.29, 0.717) is 32.0 Å². The minimum Gasteiger partial charge on any atom is -0.469 e. The first kappa shape index (κ1) is 19.0. The molecule has 4 heterocycles. The van der Waals surface area contributed by atoms with Gasteiger partial charge in [0.05, 0.1) is 37.9 Å². The van der Waals surface area contributed by atoms with Crippen LogP contribution in [0.4, 0.5) is 0 Å². The van der Waals surface area contributed by atoms with Crippen LogP contribution in [0.15, 0.2) is 27.2 Å². The molecule has 1 fully saturated rings. The maximum atomic E-state index is 12.4. The van der Waals surface area contributed by atoms with Crippen molar-refractivity contribution < 1.29 is 17.3 Å². The molecule has 1 aliphatic heterocycles.